The van der Waals surface area contributed by atoms with E-state index in [0.717, 1.165) is 30.4 Å². The van der Waals surface area contributed by atoms with Gasteiger partial charge in [-0.1, -0.05) is 90.9 Å². The van der Waals surface area contributed by atoms with E-state index in [1.54, 1.807) is 0 Å². The van der Waals surface area contributed by atoms with Crippen LogP contribution in [0.2, 0.25) is 0 Å². The van der Waals surface area contributed by atoms with Crippen molar-refractivity contribution in [2.75, 3.05) is 11.5 Å². The number of Topliss-reactive ketones (excluding diaryl/α,β-unsaturated/α-hetero) is 1. The first-order valence-corrected chi connectivity index (χ1v) is 17.1. The van der Waals surface area contributed by atoms with Crippen LogP contribution in [0.5, 0.6) is 5.75 Å². The number of amides is 1. The molecule has 0 radical (unpaired) electrons. The smallest absolute Gasteiger partial charge is 0.301 e. The second kappa shape index (κ2) is 13.5. The molecule has 1 aliphatic heterocycles. The van der Waals surface area contributed by atoms with Gasteiger partial charge in [-0.3, -0.25) is 14.5 Å². The highest BCUT2D eigenvalue weighted by atomic mass is 32.2. The van der Waals surface area contributed by atoms with Gasteiger partial charge in [0, 0.05) is 11.9 Å². The van der Waals surface area contributed by atoms with Gasteiger partial charge in [0.2, 0.25) is 5.13 Å². The number of anilines is 1. The number of hydrogen-bond acceptors (Lipinski definition) is 9. The molecule has 0 bridgehead atoms. The van der Waals surface area contributed by atoms with E-state index < -0.39 is 17.7 Å². The average Bonchev–Trinajstić information content (AvgIpc) is 3.74. The monoisotopic (exact) mass is 653 g/mol. The zero-order valence-electron chi connectivity index (χ0n) is 26.2. The lowest BCUT2D eigenvalue weighted by molar-refractivity contribution is -0.132. The summed E-state index contributed by atoms with van der Waals surface area (Å²) in [6.45, 7) is 8.49. The van der Waals surface area contributed by atoms with Crippen molar-refractivity contribution in [3.05, 3.63) is 106 Å². The molecule has 1 aliphatic rings. The van der Waals surface area contributed by atoms with Gasteiger partial charge in [0.1, 0.15) is 17.1 Å². The summed E-state index contributed by atoms with van der Waals surface area (Å²) < 4.78 is 8.56. The van der Waals surface area contributed by atoms with Crippen molar-refractivity contribution in [1.82, 2.24) is 19.6 Å². The van der Waals surface area contributed by atoms with Crippen LogP contribution in [-0.4, -0.2) is 43.0 Å². The van der Waals surface area contributed by atoms with E-state index in [1.807, 2.05) is 67.8 Å². The SMILES string of the molecule is CCCCCOc1cccc(C2/C(=C(\O)c3nc4c(C)cccn4c3C)C(=O)C(=O)N2c2nnc(SCc3ccc(C)cc3)s2)c1. The standard InChI is InChI=1S/C35H35N5O4S2/c1-5-6-7-18-44-26-12-8-11-25(19-26)29-27(30(41)28-23(4)39-17-9-10-22(3)32(39)36-28)31(42)33(43)40(29)34-37-38-35(46-34)45-20-24-15-13-21(2)14-16-24/h8-17,19,29,41H,5-7,18,20H2,1-4H3/b30-27+. The number of hydrogen-bond donors (Lipinski definition) is 1. The van der Waals surface area contributed by atoms with Crippen molar-refractivity contribution in [1.29, 1.82) is 0 Å². The number of pyridine rings is 1. The van der Waals surface area contributed by atoms with Gasteiger partial charge >= 0.3 is 5.91 Å². The summed E-state index contributed by atoms with van der Waals surface area (Å²) >= 11 is 2.75. The molecule has 1 unspecified atom stereocenters. The zero-order chi connectivity index (χ0) is 32.4. The highest BCUT2D eigenvalue weighted by Gasteiger charge is 2.49. The van der Waals surface area contributed by atoms with Crippen molar-refractivity contribution >= 4 is 51.3 Å². The van der Waals surface area contributed by atoms with E-state index >= 15 is 0 Å². The molecule has 1 saturated heterocycles. The Balaban J connectivity index is 1.41. The van der Waals surface area contributed by atoms with E-state index in [-0.39, 0.29) is 22.2 Å². The number of thioether (sulfide) groups is 1. The first kappa shape index (κ1) is 31.5. The molecule has 0 saturated carbocycles. The summed E-state index contributed by atoms with van der Waals surface area (Å²) in [5.41, 5.74) is 5.36. The van der Waals surface area contributed by atoms with E-state index in [4.69, 9.17) is 9.72 Å². The van der Waals surface area contributed by atoms with Gasteiger partial charge < -0.3 is 14.2 Å². The molecule has 4 heterocycles. The number of nitrogens with zero attached hydrogens (tertiary/aromatic N) is 5. The van der Waals surface area contributed by atoms with Crippen molar-refractivity contribution < 1.29 is 19.4 Å². The highest BCUT2D eigenvalue weighted by molar-refractivity contribution is 8.00. The molecule has 0 aliphatic carbocycles. The van der Waals surface area contributed by atoms with Crippen LogP contribution in [0.1, 0.15) is 65.9 Å². The van der Waals surface area contributed by atoms with Crippen molar-refractivity contribution in [3.8, 4) is 5.75 Å². The second-order valence-electron chi connectivity index (χ2n) is 11.4. The number of carbonyl (C=O) groups is 2. The molecule has 46 heavy (non-hydrogen) atoms. The van der Waals surface area contributed by atoms with Crippen LogP contribution in [0.4, 0.5) is 5.13 Å². The molecule has 5 aromatic rings. The molecule has 236 valence electrons. The number of rotatable bonds is 11. The van der Waals surface area contributed by atoms with Crippen molar-refractivity contribution in [3.63, 3.8) is 0 Å². The molecule has 3 aromatic heterocycles. The van der Waals surface area contributed by atoms with Crippen LogP contribution < -0.4 is 9.64 Å². The number of aryl methyl sites for hydroxylation is 3. The Labute approximate surface area is 276 Å². The first-order chi connectivity index (χ1) is 22.3. The minimum absolute atomic E-state index is 0.0543. The Kier molecular flexibility index (Phi) is 9.23. The van der Waals surface area contributed by atoms with Crippen molar-refractivity contribution in [2.24, 2.45) is 0 Å². The van der Waals surface area contributed by atoms with Gasteiger partial charge in [0.25, 0.3) is 5.78 Å². The van der Waals surface area contributed by atoms with Gasteiger partial charge in [-0.25, -0.2) is 4.98 Å². The molecular formula is C35H35N5O4S2. The predicted molar refractivity (Wildman–Crippen MR) is 182 cm³/mol. The Morgan fingerprint density at radius 1 is 1.02 bits per heavy atom. The maximum Gasteiger partial charge on any atom is 0.301 e. The molecular weight excluding hydrogens is 619 g/mol. The van der Waals surface area contributed by atoms with E-state index in [1.165, 1.54) is 33.6 Å². The number of aliphatic hydroxyl groups is 1. The third-order valence-electron chi connectivity index (χ3n) is 8.03. The molecule has 6 rings (SSSR count). The van der Waals surface area contributed by atoms with Crippen LogP contribution in [0.3, 0.4) is 0 Å². The molecule has 2 aromatic carbocycles. The molecule has 1 atom stereocenters. The number of unbranched alkanes of at least 4 members (excludes halogenated alkanes) is 2. The fraction of sp³-hybridized carbons (Fsp3) is 0.286. The Bertz CT molecular complexity index is 1950. The number of imidazole rings is 1. The number of ketones is 1. The molecule has 0 spiro atoms. The summed E-state index contributed by atoms with van der Waals surface area (Å²) in [7, 11) is 0. The zero-order valence-corrected chi connectivity index (χ0v) is 27.8. The van der Waals surface area contributed by atoms with Crippen LogP contribution in [0.15, 0.2) is 76.8 Å². The molecule has 11 heteroatoms. The Hall–Kier alpha value is -4.48. The Morgan fingerprint density at radius 3 is 2.59 bits per heavy atom. The second-order valence-corrected chi connectivity index (χ2v) is 13.5. The highest BCUT2D eigenvalue weighted by Crippen LogP contribution is 2.45. The first-order valence-electron chi connectivity index (χ1n) is 15.3. The minimum Gasteiger partial charge on any atom is -0.505 e. The third kappa shape index (κ3) is 6.17. The summed E-state index contributed by atoms with van der Waals surface area (Å²) in [5.74, 6) is -0.635. The van der Waals surface area contributed by atoms with Gasteiger partial charge in [0.05, 0.1) is 23.9 Å². The molecule has 1 N–H and O–H groups in total. The number of carbonyl (C=O) groups excluding carboxylic acids is 2. The topological polar surface area (TPSA) is 110 Å². The molecule has 9 nitrogen and oxygen atoms in total. The normalized spacial score (nSPS) is 16.1. The number of aromatic nitrogens is 4. The van der Waals surface area contributed by atoms with Gasteiger partial charge in [-0.05, 0) is 62.1 Å². The fourth-order valence-corrected chi connectivity index (χ4v) is 7.35. The number of benzene rings is 2. The predicted octanol–water partition coefficient (Wildman–Crippen LogP) is 7.60. The maximum absolute atomic E-state index is 13.8. The van der Waals surface area contributed by atoms with Crippen molar-refractivity contribution in [2.45, 2.75) is 63.1 Å². The fourth-order valence-electron chi connectivity index (χ4n) is 5.52. The van der Waals surface area contributed by atoms with Crippen LogP contribution in [0, 0.1) is 20.8 Å². The molecule has 1 fully saturated rings. The van der Waals surface area contributed by atoms with Crippen LogP contribution in [0.25, 0.3) is 11.4 Å². The Morgan fingerprint density at radius 2 is 1.83 bits per heavy atom. The maximum atomic E-state index is 13.8. The number of fused-ring (bicyclic) bond motifs is 1. The largest absolute Gasteiger partial charge is 0.505 e. The number of aliphatic hydroxyl groups excluding tert-OH is 1. The quantitative estimate of drug-likeness (QED) is 0.0388. The van der Waals surface area contributed by atoms with Crippen LogP contribution >= 0.6 is 23.1 Å². The summed E-state index contributed by atoms with van der Waals surface area (Å²) in [6.07, 6.45) is 4.90. The van der Waals surface area contributed by atoms with Crippen LogP contribution in [-0.2, 0) is 15.3 Å². The van der Waals surface area contributed by atoms with Gasteiger partial charge in [-0.2, -0.15) is 0 Å². The van der Waals surface area contributed by atoms with Gasteiger partial charge in [-0.15, -0.1) is 10.2 Å². The lowest BCUT2D eigenvalue weighted by Gasteiger charge is -2.23. The summed E-state index contributed by atoms with van der Waals surface area (Å²) in [4.78, 5) is 33.7. The summed E-state index contributed by atoms with van der Waals surface area (Å²) in [6, 6.07) is 18.5. The third-order valence-corrected chi connectivity index (χ3v) is 10.2. The average molecular weight is 654 g/mol. The summed E-state index contributed by atoms with van der Waals surface area (Å²) in [5, 5.41) is 20.8. The van der Waals surface area contributed by atoms with E-state index in [2.05, 4.69) is 41.4 Å². The lowest BCUT2D eigenvalue weighted by Crippen LogP contribution is -2.29. The minimum atomic E-state index is -0.965. The number of ether oxygens (including phenoxy) is 1. The lowest BCUT2D eigenvalue weighted by atomic mass is 9.96. The molecule has 1 amide bonds. The van der Waals surface area contributed by atoms with E-state index in [0.29, 0.717) is 39.4 Å². The van der Waals surface area contributed by atoms with Gasteiger partial charge in [0.15, 0.2) is 10.1 Å². The van der Waals surface area contributed by atoms with E-state index in [9.17, 15) is 14.7 Å².